The first kappa shape index (κ1) is 29.4. The smallest absolute Gasteiger partial charge is 0.324 e. The first-order valence-corrected chi connectivity index (χ1v) is 13.2. The Balaban J connectivity index is 1.95. The number of sulfone groups is 1. The average molecular weight is 566 g/mol. The second-order valence-corrected chi connectivity index (χ2v) is 10.9. The molecule has 2 aromatic rings. The molecule has 0 spiro atoms. The molecule has 7 nitrogen and oxygen atoms in total. The van der Waals surface area contributed by atoms with Gasteiger partial charge in [-0.2, -0.15) is 26.3 Å². The van der Waals surface area contributed by atoms with Crippen LogP contribution in [0.2, 0.25) is 0 Å². The molecule has 1 aliphatic rings. The Morgan fingerprint density at radius 1 is 1.00 bits per heavy atom. The molecule has 1 atom stereocenters. The van der Waals surface area contributed by atoms with Crippen LogP contribution in [-0.4, -0.2) is 50.3 Å². The summed E-state index contributed by atoms with van der Waals surface area (Å²) in [5, 5.41) is 4.02. The molecule has 2 N–H and O–H groups in total. The van der Waals surface area contributed by atoms with Crippen molar-refractivity contribution in [2.45, 2.75) is 55.6 Å². The molecule has 0 saturated heterocycles. The Hall–Kier alpha value is -3.13. The third kappa shape index (κ3) is 5.37. The van der Waals surface area contributed by atoms with Crippen LogP contribution in [0.3, 0.4) is 0 Å². The highest BCUT2D eigenvalue weighted by molar-refractivity contribution is 7.90. The third-order valence-corrected chi connectivity index (χ3v) is 7.33. The van der Waals surface area contributed by atoms with Gasteiger partial charge in [0.25, 0.3) is 5.91 Å². The van der Waals surface area contributed by atoms with Crippen molar-refractivity contribution in [1.82, 2.24) is 10.2 Å². The number of rotatable bonds is 7. The number of nitrogens with zero attached hydrogens (tertiary/aromatic N) is 1. The predicted molar refractivity (Wildman–Crippen MR) is 126 cm³/mol. The Morgan fingerprint density at radius 3 is 2.05 bits per heavy atom. The molecule has 38 heavy (non-hydrogen) atoms. The van der Waals surface area contributed by atoms with Gasteiger partial charge >= 0.3 is 12.4 Å². The number of carbonyl (C=O) groups is 2. The highest BCUT2D eigenvalue weighted by Gasteiger charge is 2.71. The van der Waals surface area contributed by atoms with Gasteiger partial charge in [0.1, 0.15) is 6.04 Å². The van der Waals surface area contributed by atoms with Crippen LogP contribution in [0.25, 0.3) is 0 Å². The number of nitrogens with one attached hydrogen (secondary N) is 2. The zero-order valence-corrected chi connectivity index (χ0v) is 21.3. The van der Waals surface area contributed by atoms with Crippen molar-refractivity contribution in [3.63, 3.8) is 0 Å². The number of anilines is 1. The van der Waals surface area contributed by atoms with Crippen molar-refractivity contribution in [2.24, 2.45) is 0 Å². The van der Waals surface area contributed by atoms with E-state index in [1.54, 1.807) is 5.32 Å². The van der Waals surface area contributed by atoms with Gasteiger partial charge < -0.3 is 10.2 Å². The van der Waals surface area contributed by atoms with Crippen molar-refractivity contribution in [3.8, 4) is 0 Å². The highest BCUT2D eigenvalue weighted by atomic mass is 32.2. The summed E-state index contributed by atoms with van der Waals surface area (Å²) in [7, 11) is -3.56. The van der Waals surface area contributed by atoms with Crippen LogP contribution >= 0.6 is 0 Å². The first-order valence-electron chi connectivity index (χ1n) is 11.3. The van der Waals surface area contributed by atoms with Gasteiger partial charge in [0.2, 0.25) is 11.4 Å². The molecule has 0 saturated carbocycles. The molecule has 0 aliphatic carbocycles. The molecule has 0 radical (unpaired) electrons. The third-order valence-electron chi connectivity index (χ3n) is 6.22. The number of carbonyl (C=O) groups excluding carboxylic acids is 2. The second kappa shape index (κ2) is 10.2. The zero-order chi connectivity index (χ0) is 28.7. The molecule has 0 bridgehead atoms. The zero-order valence-electron chi connectivity index (χ0n) is 20.5. The first-order chi connectivity index (χ1) is 17.4. The quantitative estimate of drug-likeness (QED) is 0.484. The number of alkyl halides is 6. The van der Waals surface area contributed by atoms with E-state index in [2.05, 4.69) is 5.32 Å². The minimum atomic E-state index is -5.72. The van der Waals surface area contributed by atoms with E-state index in [0.29, 0.717) is 23.3 Å². The Labute approximate surface area is 215 Å². The standard InChI is InChI=1S/C24H25F6N3O4S/c1-4-11-31-22(23(25,26)27,24(28,29)30)16-5-7-17(8-6-16)32-21(35)20-19-10-9-18(38(3,36)37)12-15(19)13-33(20)14(2)34/h5-10,12,20,31H,4,11,13H2,1-3H3,(H,32,35). The molecular weight excluding hydrogens is 540 g/mol. The van der Waals surface area contributed by atoms with Crippen LogP contribution in [0.5, 0.6) is 0 Å². The highest BCUT2D eigenvalue weighted by Crippen LogP contribution is 2.50. The van der Waals surface area contributed by atoms with Gasteiger partial charge in [0, 0.05) is 25.4 Å². The number of hydrogen-bond acceptors (Lipinski definition) is 5. The van der Waals surface area contributed by atoms with Crippen molar-refractivity contribution in [2.75, 3.05) is 18.1 Å². The normalized spacial score (nSPS) is 16.3. The fourth-order valence-corrected chi connectivity index (χ4v) is 5.02. The van der Waals surface area contributed by atoms with Crippen molar-refractivity contribution in [1.29, 1.82) is 0 Å². The molecular formula is C24H25F6N3O4S. The summed E-state index contributed by atoms with van der Waals surface area (Å²) >= 11 is 0. The van der Waals surface area contributed by atoms with Gasteiger partial charge in [-0.3, -0.25) is 14.9 Å². The van der Waals surface area contributed by atoms with Crippen LogP contribution in [0, 0.1) is 0 Å². The summed E-state index contributed by atoms with van der Waals surface area (Å²) in [5.74, 6) is -1.28. The Kier molecular flexibility index (Phi) is 7.91. The van der Waals surface area contributed by atoms with Gasteiger partial charge in [-0.1, -0.05) is 25.1 Å². The molecule has 1 heterocycles. The van der Waals surface area contributed by atoms with Gasteiger partial charge in [0.05, 0.1) is 4.90 Å². The fourth-order valence-electron chi connectivity index (χ4n) is 4.35. The van der Waals surface area contributed by atoms with E-state index in [9.17, 15) is 44.3 Å². The lowest BCUT2D eigenvalue weighted by molar-refractivity contribution is -0.313. The van der Waals surface area contributed by atoms with E-state index in [-0.39, 0.29) is 23.5 Å². The molecule has 2 amide bonds. The number of fused-ring (bicyclic) bond motifs is 1. The van der Waals surface area contributed by atoms with Crippen LogP contribution < -0.4 is 10.6 Å². The molecule has 0 aromatic heterocycles. The van der Waals surface area contributed by atoms with Crippen molar-refractivity contribution in [3.05, 3.63) is 59.2 Å². The minimum absolute atomic E-state index is 0.00843. The SMILES string of the molecule is CCCNC(c1ccc(NC(=O)C2c3ccc(S(C)(=O)=O)cc3CN2C(C)=O)cc1)(C(F)(F)F)C(F)(F)F. The van der Waals surface area contributed by atoms with Crippen LogP contribution in [0.4, 0.5) is 32.0 Å². The Morgan fingerprint density at radius 2 is 1.58 bits per heavy atom. The molecule has 0 fully saturated rings. The van der Waals surface area contributed by atoms with Gasteiger partial charge in [-0.25, -0.2) is 8.42 Å². The molecule has 1 unspecified atom stereocenters. The largest absolute Gasteiger partial charge is 0.419 e. The lowest BCUT2D eigenvalue weighted by Crippen LogP contribution is -2.63. The predicted octanol–water partition coefficient (Wildman–Crippen LogP) is 4.45. The lowest BCUT2D eigenvalue weighted by Gasteiger charge is -2.38. The summed E-state index contributed by atoms with van der Waals surface area (Å²) in [6.45, 7) is 2.01. The van der Waals surface area contributed by atoms with Crippen molar-refractivity contribution < 1.29 is 44.3 Å². The minimum Gasteiger partial charge on any atom is -0.324 e. The monoisotopic (exact) mass is 565 g/mol. The summed E-state index contributed by atoms with van der Waals surface area (Å²) in [6.07, 6.45) is -10.4. The maximum absolute atomic E-state index is 13.8. The van der Waals surface area contributed by atoms with Gasteiger partial charge in [-0.15, -0.1) is 0 Å². The summed E-state index contributed by atoms with van der Waals surface area (Å²) in [4.78, 5) is 26.5. The maximum atomic E-state index is 13.8. The van der Waals surface area contributed by atoms with Crippen LogP contribution in [-0.2, 0) is 31.5 Å². The number of benzene rings is 2. The van der Waals surface area contributed by atoms with E-state index < -0.39 is 57.7 Å². The molecule has 1 aliphatic heterocycles. The van der Waals surface area contributed by atoms with Gasteiger partial charge in [-0.05, 0) is 53.9 Å². The molecule has 2 aromatic carbocycles. The van der Waals surface area contributed by atoms with Gasteiger partial charge in [0.15, 0.2) is 9.84 Å². The fraction of sp³-hybridized carbons (Fsp3) is 0.417. The van der Waals surface area contributed by atoms with E-state index >= 15 is 0 Å². The van der Waals surface area contributed by atoms with E-state index in [1.165, 1.54) is 36.9 Å². The number of hydrogen-bond donors (Lipinski definition) is 2. The van der Waals surface area contributed by atoms with Crippen molar-refractivity contribution >= 4 is 27.3 Å². The van der Waals surface area contributed by atoms with Crippen LogP contribution in [0.1, 0.15) is 43.0 Å². The lowest BCUT2D eigenvalue weighted by atomic mass is 9.87. The van der Waals surface area contributed by atoms with E-state index in [4.69, 9.17) is 0 Å². The number of amides is 2. The van der Waals surface area contributed by atoms with E-state index in [1.807, 2.05) is 0 Å². The summed E-state index contributed by atoms with van der Waals surface area (Å²) < 4.78 is 107. The summed E-state index contributed by atoms with van der Waals surface area (Å²) in [6, 6.07) is 5.91. The molecule has 208 valence electrons. The topological polar surface area (TPSA) is 95.6 Å². The maximum Gasteiger partial charge on any atom is 0.419 e. The molecule has 14 heteroatoms. The molecule has 3 rings (SSSR count). The van der Waals surface area contributed by atoms with E-state index in [0.717, 1.165) is 18.4 Å². The average Bonchev–Trinajstić information content (AvgIpc) is 3.17. The number of halogens is 6. The Bertz CT molecular complexity index is 1310. The van der Waals surface area contributed by atoms with Crippen LogP contribution in [0.15, 0.2) is 47.4 Å². The second-order valence-electron chi connectivity index (χ2n) is 8.92. The summed E-state index contributed by atoms with van der Waals surface area (Å²) in [5.41, 5.74) is -4.75.